The Kier molecular flexibility index (Phi) is 8.14. The molecule has 4 aromatic rings. The molecular formula is C30H31NO5S. The summed E-state index contributed by atoms with van der Waals surface area (Å²) in [5, 5.41) is 2.90. The number of amides is 1. The van der Waals surface area contributed by atoms with Crippen LogP contribution in [-0.2, 0) is 22.0 Å². The predicted octanol–water partition coefficient (Wildman–Crippen LogP) is 5.91. The maximum Gasteiger partial charge on any atom is 0.254 e. The first-order chi connectivity index (χ1) is 17.8. The van der Waals surface area contributed by atoms with E-state index < -0.39 is 9.84 Å². The van der Waals surface area contributed by atoms with Gasteiger partial charge in [0.25, 0.3) is 5.91 Å². The molecule has 0 saturated heterocycles. The fourth-order valence-corrected chi connectivity index (χ4v) is 5.84. The number of ether oxygens (including phenoxy) is 1. The van der Waals surface area contributed by atoms with Crippen molar-refractivity contribution < 1.29 is 22.4 Å². The molecule has 37 heavy (non-hydrogen) atoms. The van der Waals surface area contributed by atoms with Crippen molar-refractivity contribution in [2.45, 2.75) is 37.3 Å². The average Bonchev–Trinajstić information content (AvgIpc) is 3.32. The van der Waals surface area contributed by atoms with Gasteiger partial charge in [-0.15, -0.1) is 0 Å². The van der Waals surface area contributed by atoms with E-state index in [4.69, 9.17) is 9.15 Å². The lowest BCUT2D eigenvalue weighted by Gasteiger charge is -2.13. The van der Waals surface area contributed by atoms with Crippen molar-refractivity contribution >= 4 is 15.7 Å². The number of furan rings is 1. The van der Waals surface area contributed by atoms with Crippen molar-refractivity contribution in [3.63, 3.8) is 0 Å². The van der Waals surface area contributed by atoms with Crippen molar-refractivity contribution in [1.29, 1.82) is 0 Å². The highest BCUT2D eigenvalue weighted by molar-refractivity contribution is 7.90. The Morgan fingerprint density at radius 3 is 2.41 bits per heavy atom. The molecule has 1 heterocycles. The van der Waals surface area contributed by atoms with Gasteiger partial charge in [0, 0.05) is 6.54 Å². The van der Waals surface area contributed by atoms with E-state index in [1.54, 1.807) is 25.1 Å². The highest BCUT2D eigenvalue weighted by Crippen LogP contribution is 2.32. The summed E-state index contributed by atoms with van der Waals surface area (Å²) in [4.78, 5) is 12.4. The molecule has 0 atom stereocenters. The molecule has 0 bridgehead atoms. The lowest BCUT2D eigenvalue weighted by Crippen LogP contribution is -2.24. The molecule has 7 heteroatoms. The summed E-state index contributed by atoms with van der Waals surface area (Å²) in [5.74, 6) is 0.627. The third kappa shape index (κ3) is 6.49. The zero-order valence-electron chi connectivity index (χ0n) is 21.3. The molecule has 0 aliphatic heterocycles. The van der Waals surface area contributed by atoms with Crippen molar-refractivity contribution in [3.8, 4) is 16.9 Å². The van der Waals surface area contributed by atoms with Crippen LogP contribution in [-0.4, -0.2) is 28.0 Å². The molecule has 0 radical (unpaired) electrons. The first-order valence-electron chi connectivity index (χ1n) is 12.1. The molecule has 0 spiro atoms. The number of nitrogens with one attached hydrogen (secondary N) is 1. The fraction of sp³-hybridized carbons (Fsp3) is 0.233. The van der Waals surface area contributed by atoms with Crippen LogP contribution in [0.3, 0.4) is 0 Å². The van der Waals surface area contributed by atoms with Gasteiger partial charge in [0.1, 0.15) is 16.4 Å². The summed E-state index contributed by atoms with van der Waals surface area (Å²) < 4.78 is 37.6. The molecule has 4 rings (SSSR count). The molecule has 0 aliphatic carbocycles. The summed E-state index contributed by atoms with van der Waals surface area (Å²) >= 11 is 0. The largest absolute Gasteiger partial charge is 0.495 e. The Balaban J connectivity index is 1.44. The molecule has 0 saturated carbocycles. The molecular weight excluding hydrogens is 486 g/mol. The van der Waals surface area contributed by atoms with E-state index in [1.165, 1.54) is 13.4 Å². The topological polar surface area (TPSA) is 85.6 Å². The van der Waals surface area contributed by atoms with Gasteiger partial charge in [0.05, 0.1) is 24.7 Å². The van der Waals surface area contributed by atoms with Crippen LogP contribution in [0.15, 0.2) is 88.4 Å². The second-order valence-corrected chi connectivity index (χ2v) is 11.0. The maximum atomic E-state index is 13.5. The third-order valence-corrected chi connectivity index (χ3v) is 7.93. The van der Waals surface area contributed by atoms with Gasteiger partial charge in [-0.25, -0.2) is 8.42 Å². The summed E-state index contributed by atoms with van der Waals surface area (Å²) in [5.41, 5.74) is 5.14. The number of hydrogen-bond donors (Lipinski definition) is 1. The second-order valence-electron chi connectivity index (χ2n) is 9.06. The van der Waals surface area contributed by atoms with Crippen LogP contribution in [0.4, 0.5) is 0 Å². The van der Waals surface area contributed by atoms with Gasteiger partial charge in [-0.1, -0.05) is 60.2 Å². The standard InChI is InChI=1S/C30H31NO5S/c1-21-7-4-11-25(17-21)26-12-13-28(35-3)29(19-26)37(33,34)20-24-9-5-8-23(18-24)10-6-15-31-30(32)27-14-16-36-22(27)2/h4-5,7-9,11-14,16-19H,6,10,15,20H2,1-3H3,(H,31,32). The van der Waals surface area contributed by atoms with E-state index in [2.05, 4.69) is 5.32 Å². The third-order valence-electron chi connectivity index (χ3n) is 6.23. The second kappa shape index (κ2) is 11.5. The lowest BCUT2D eigenvalue weighted by molar-refractivity contribution is 0.0951. The van der Waals surface area contributed by atoms with Gasteiger partial charge in [-0.3, -0.25) is 4.79 Å². The number of sulfone groups is 1. The van der Waals surface area contributed by atoms with Crippen LogP contribution in [0.25, 0.3) is 11.1 Å². The molecule has 0 unspecified atom stereocenters. The fourth-order valence-electron chi connectivity index (χ4n) is 4.31. The summed E-state index contributed by atoms with van der Waals surface area (Å²) in [6.07, 6.45) is 2.94. The van der Waals surface area contributed by atoms with Crippen LogP contribution in [0.5, 0.6) is 5.75 Å². The van der Waals surface area contributed by atoms with Gasteiger partial charge in [0.2, 0.25) is 0 Å². The quantitative estimate of drug-likeness (QED) is 0.264. The number of aryl methyl sites for hydroxylation is 3. The van der Waals surface area contributed by atoms with Crippen LogP contribution < -0.4 is 10.1 Å². The van der Waals surface area contributed by atoms with E-state index in [1.807, 2.05) is 61.5 Å². The Morgan fingerprint density at radius 2 is 1.68 bits per heavy atom. The van der Waals surface area contributed by atoms with Crippen molar-refractivity contribution in [1.82, 2.24) is 5.32 Å². The predicted molar refractivity (Wildman–Crippen MR) is 145 cm³/mol. The molecule has 0 fully saturated rings. The summed E-state index contributed by atoms with van der Waals surface area (Å²) in [6, 6.07) is 22.5. The smallest absolute Gasteiger partial charge is 0.254 e. The molecule has 1 amide bonds. The lowest BCUT2D eigenvalue weighted by atomic mass is 10.0. The van der Waals surface area contributed by atoms with Gasteiger partial charge < -0.3 is 14.5 Å². The number of carbonyl (C=O) groups is 1. The normalized spacial score (nSPS) is 11.3. The average molecular weight is 518 g/mol. The minimum atomic E-state index is -3.67. The Morgan fingerprint density at radius 1 is 0.919 bits per heavy atom. The monoisotopic (exact) mass is 517 g/mol. The molecule has 192 valence electrons. The number of carbonyl (C=O) groups excluding carboxylic acids is 1. The van der Waals surface area contributed by atoms with Crippen molar-refractivity contribution in [3.05, 3.63) is 107 Å². The molecule has 3 aromatic carbocycles. The van der Waals surface area contributed by atoms with Crippen molar-refractivity contribution in [2.75, 3.05) is 13.7 Å². The van der Waals surface area contributed by atoms with Crippen molar-refractivity contribution in [2.24, 2.45) is 0 Å². The highest BCUT2D eigenvalue weighted by atomic mass is 32.2. The number of benzene rings is 3. The molecule has 0 aliphatic rings. The molecule has 6 nitrogen and oxygen atoms in total. The van der Waals surface area contributed by atoms with Gasteiger partial charge >= 0.3 is 0 Å². The van der Waals surface area contributed by atoms with E-state index in [0.717, 1.165) is 28.7 Å². The number of rotatable bonds is 10. The number of hydrogen-bond acceptors (Lipinski definition) is 5. The van der Waals surface area contributed by atoms with E-state index in [-0.39, 0.29) is 16.6 Å². The van der Waals surface area contributed by atoms with Gasteiger partial charge in [-0.05, 0) is 67.1 Å². The molecule has 1 aromatic heterocycles. The first kappa shape index (κ1) is 26.2. The minimum absolute atomic E-state index is 0.134. The zero-order chi connectivity index (χ0) is 26.4. The Labute approximate surface area is 218 Å². The first-order valence-corrected chi connectivity index (χ1v) is 13.8. The number of methoxy groups -OCH3 is 1. The van der Waals surface area contributed by atoms with Crippen LogP contribution in [0.2, 0.25) is 0 Å². The van der Waals surface area contributed by atoms with Crippen LogP contribution in [0, 0.1) is 13.8 Å². The Hall–Kier alpha value is -3.84. The van der Waals surface area contributed by atoms with Crippen LogP contribution in [0.1, 0.15) is 39.2 Å². The summed E-state index contributed by atoms with van der Waals surface area (Å²) in [7, 11) is -2.19. The maximum absolute atomic E-state index is 13.5. The zero-order valence-corrected chi connectivity index (χ0v) is 22.1. The Bertz CT molecular complexity index is 1500. The minimum Gasteiger partial charge on any atom is -0.495 e. The van der Waals surface area contributed by atoms with E-state index in [0.29, 0.717) is 35.6 Å². The van der Waals surface area contributed by atoms with E-state index >= 15 is 0 Å². The summed E-state index contributed by atoms with van der Waals surface area (Å²) in [6.45, 7) is 4.27. The van der Waals surface area contributed by atoms with Gasteiger partial charge in [0.15, 0.2) is 9.84 Å². The van der Waals surface area contributed by atoms with Crippen LogP contribution >= 0.6 is 0 Å². The highest BCUT2D eigenvalue weighted by Gasteiger charge is 2.21. The van der Waals surface area contributed by atoms with E-state index in [9.17, 15) is 13.2 Å². The molecule has 1 N–H and O–H groups in total. The van der Waals surface area contributed by atoms with Gasteiger partial charge in [-0.2, -0.15) is 0 Å². The SMILES string of the molecule is COc1ccc(-c2cccc(C)c2)cc1S(=O)(=O)Cc1cccc(CCCNC(=O)c2ccoc2C)c1.